The summed E-state index contributed by atoms with van der Waals surface area (Å²) >= 11 is 0. The number of hydrogen-bond acceptors (Lipinski definition) is 6. The second kappa shape index (κ2) is 2.03. The van der Waals surface area contributed by atoms with Crippen molar-refractivity contribution in [1.82, 2.24) is 10.5 Å². The SMILES string of the molecule is NN(N)N(N)N. The lowest BCUT2D eigenvalue weighted by atomic mass is 12.0. The van der Waals surface area contributed by atoms with Gasteiger partial charge >= 0.3 is 0 Å². The summed E-state index contributed by atoms with van der Waals surface area (Å²) in [6, 6.07) is 0. The Balaban J connectivity index is 2.99. The second-order valence-corrected chi connectivity index (χ2v) is 0.760. The number of rotatable bonds is 1. The summed E-state index contributed by atoms with van der Waals surface area (Å²) in [5, 5.41) is 1.11. The summed E-state index contributed by atoms with van der Waals surface area (Å²) in [7, 11) is 0. The van der Waals surface area contributed by atoms with Gasteiger partial charge in [0, 0.05) is 0 Å². The molecule has 38 valence electrons. The molecule has 0 heterocycles. The zero-order valence-electron chi connectivity index (χ0n) is 3.20. The molecule has 6 heteroatoms. The van der Waals surface area contributed by atoms with Crippen molar-refractivity contribution in [2.24, 2.45) is 23.4 Å². The lowest BCUT2D eigenvalue weighted by Crippen LogP contribution is -2.59. The molecule has 0 saturated heterocycles. The highest BCUT2D eigenvalue weighted by Crippen LogP contribution is 1.48. The number of nitrogens with two attached hydrogens (primary N) is 4. The molecule has 0 aromatic carbocycles. The van der Waals surface area contributed by atoms with Crippen LogP contribution in [0.25, 0.3) is 0 Å². The molecular weight excluding hydrogens is 84.0 g/mol. The molecule has 0 aliphatic carbocycles. The van der Waals surface area contributed by atoms with E-state index in [0.717, 1.165) is 0 Å². The maximum atomic E-state index is 4.72. The Morgan fingerprint density at radius 3 is 0.833 bits per heavy atom. The molecule has 0 aromatic rings. The first-order valence-corrected chi connectivity index (χ1v) is 1.23. The van der Waals surface area contributed by atoms with Crippen LogP contribution in [-0.4, -0.2) is 10.5 Å². The highest BCUT2D eigenvalue weighted by molar-refractivity contribution is 4.00. The van der Waals surface area contributed by atoms with Crippen LogP contribution < -0.4 is 23.4 Å². The lowest BCUT2D eigenvalue weighted by molar-refractivity contribution is -0.0316. The molecule has 6 nitrogen and oxygen atoms in total. The summed E-state index contributed by atoms with van der Waals surface area (Å²) in [4.78, 5) is 0. The van der Waals surface area contributed by atoms with E-state index in [9.17, 15) is 0 Å². The van der Waals surface area contributed by atoms with E-state index in [0.29, 0.717) is 10.5 Å². The fourth-order valence-electron chi connectivity index (χ4n) is 0. The Hall–Kier alpha value is -0.240. The van der Waals surface area contributed by atoms with Gasteiger partial charge in [-0.3, -0.25) is 0 Å². The van der Waals surface area contributed by atoms with E-state index >= 15 is 0 Å². The molecule has 0 aliphatic heterocycles. The van der Waals surface area contributed by atoms with Crippen molar-refractivity contribution in [3.05, 3.63) is 0 Å². The Morgan fingerprint density at radius 2 is 0.833 bits per heavy atom. The van der Waals surface area contributed by atoms with Crippen LogP contribution in [0.4, 0.5) is 0 Å². The van der Waals surface area contributed by atoms with Crippen molar-refractivity contribution in [2.45, 2.75) is 0 Å². The molecule has 0 unspecified atom stereocenters. The second-order valence-electron chi connectivity index (χ2n) is 0.760. The van der Waals surface area contributed by atoms with Gasteiger partial charge in [-0.15, -0.1) is 0 Å². The smallest absolute Gasteiger partial charge is 0.0859 e. The lowest BCUT2D eigenvalue weighted by Gasteiger charge is -2.14. The van der Waals surface area contributed by atoms with E-state index in [1.165, 1.54) is 0 Å². The number of hydrogen-bond donors (Lipinski definition) is 4. The topological polar surface area (TPSA) is 111 Å². The van der Waals surface area contributed by atoms with Gasteiger partial charge in [-0.25, -0.2) is 23.4 Å². The summed E-state index contributed by atoms with van der Waals surface area (Å²) in [6.07, 6.45) is 0. The van der Waals surface area contributed by atoms with Crippen LogP contribution in [-0.2, 0) is 0 Å². The van der Waals surface area contributed by atoms with Gasteiger partial charge in [0.1, 0.15) is 0 Å². The van der Waals surface area contributed by atoms with Gasteiger partial charge in [0.2, 0.25) is 0 Å². The summed E-state index contributed by atoms with van der Waals surface area (Å²) in [6.45, 7) is 0. The third-order valence-corrected chi connectivity index (χ3v) is 0.267. The summed E-state index contributed by atoms with van der Waals surface area (Å²) in [5.41, 5.74) is 0. The first-order valence-electron chi connectivity index (χ1n) is 1.23. The molecule has 0 saturated carbocycles. The predicted molar refractivity (Wildman–Crippen MR) is 20.4 cm³/mol. The molecule has 0 aromatic heterocycles. The van der Waals surface area contributed by atoms with Crippen molar-refractivity contribution < 1.29 is 0 Å². The van der Waals surface area contributed by atoms with Gasteiger partial charge in [0.15, 0.2) is 0 Å². The highest BCUT2D eigenvalue weighted by Gasteiger charge is 1.87. The minimum Gasteiger partial charge on any atom is -0.238 e. The molecule has 0 radical (unpaired) electrons. The van der Waals surface area contributed by atoms with Gasteiger partial charge in [0.25, 0.3) is 0 Å². The first kappa shape index (κ1) is 5.76. The number of hydrazine groups is 5. The molecule has 0 spiro atoms. The standard InChI is InChI=1S/H8N6/c1-5(2)6(3)4/h1-4H2. The minimum absolute atomic E-state index is 0.556. The van der Waals surface area contributed by atoms with E-state index in [4.69, 9.17) is 23.4 Å². The van der Waals surface area contributed by atoms with Crippen LogP contribution in [0.3, 0.4) is 0 Å². The molecular formula is H8N6. The average molecular weight is 92.1 g/mol. The van der Waals surface area contributed by atoms with Crippen LogP contribution in [0.1, 0.15) is 0 Å². The fourth-order valence-corrected chi connectivity index (χ4v) is 0. The number of nitrogens with zero attached hydrogens (tertiary/aromatic N) is 2. The quantitative estimate of drug-likeness (QED) is 0.203. The average Bonchev–Trinajstić information content (AvgIpc) is 1.36. The minimum atomic E-state index is 0.556. The van der Waals surface area contributed by atoms with Crippen molar-refractivity contribution in [1.29, 1.82) is 0 Å². The Morgan fingerprint density at radius 1 is 0.667 bits per heavy atom. The van der Waals surface area contributed by atoms with Crippen molar-refractivity contribution >= 4 is 0 Å². The van der Waals surface area contributed by atoms with Crippen LogP contribution in [0.2, 0.25) is 0 Å². The zero-order valence-corrected chi connectivity index (χ0v) is 3.20. The molecule has 0 fully saturated rings. The van der Waals surface area contributed by atoms with Gasteiger partial charge in [-0.1, -0.05) is 10.5 Å². The van der Waals surface area contributed by atoms with Gasteiger partial charge in [-0.05, 0) is 0 Å². The maximum absolute atomic E-state index is 4.72. The molecule has 0 amide bonds. The summed E-state index contributed by atoms with van der Waals surface area (Å²) < 4.78 is 0. The van der Waals surface area contributed by atoms with Crippen molar-refractivity contribution in [2.75, 3.05) is 0 Å². The third-order valence-electron chi connectivity index (χ3n) is 0.267. The normalized spacial score (nSPS) is 11.0. The van der Waals surface area contributed by atoms with Crippen molar-refractivity contribution in [3.8, 4) is 0 Å². The molecule has 0 atom stereocenters. The van der Waals surface area contributed by atoms with E-state index in [-0.39, 0.29) is 0 Å². The Bertz CT molecular complexity index is 21.0. The molecule has 0 bridgehead atoms. The summed E-state index contributed by atoms with van der Waals surface area (Å²) in [5.74, 6) is 18.9. The monoisotopic (exact) mass is 92.1 g/mol. The van der Waals surface area contributed by atoms with E-state index < -0.39 is 0 Å². The third kappa shape index (κ3) is 2.03. The highest BCUT2D eigenvalue weighted by atomic mass is 16.0. The van der Waals surface area contributed by atoms with Crippen molar-refractivity contribution in [3.63, 3.8) is 0 Å². The predicted octanol–water partition coefficient (Wildman–Crippen LogP) is -3.00. The van der Waals surface area contributed by atoms with Crippen LogP contribution in [0.5, 0.6) is 0 Å². The molecule has 0 rings (SSSR count). The maximum Gasteiger partial charge on any atom is -0.0859 e. The Labute approximate surface area is 35.1 Å². The van der Waals surface area contributed by atoms with Gasteiger partial charge in [0.05, 0.1) is 0 Å². The van der Waals surface area contributed by atoms with Crippen LogP contribution >= 0.6 is 0 Å². The molecule has 8 N–H and O–H groups in total. The molecule has 6 heavy (non-hydrogen) atoms. The van der Waals surface area contributed by atoms with E-state index in [1.807, 2.05) is 0 Å². The fraction of sp³-hybridized carbons (Fsp3) is 0. The van der Waals surface area contributed by atoms with Crippen LogP contribution in [0.15, 0.2) is 0 Å². The van der Waals surface area contributed by atoms with E-state index in [2.05, 4.69) is 0 Å². The largest absolute Gasteiger partial charge is 0.238 e. The van der Waals surface area contributed by atoms with Gasteiger partial charge < -0.3 is 0 Å². The first-order chi connectivity index (χ1) is 2.64. The van der Waals surface area contributed by atoms with Crippen LogP contribution in [0, 0.1) is 0 Å². The molecule has 0 aliphatic rings. The van der Waals surface area contributed by atoms with Gasteiger partial charge in [-0.2, -0.15) is 0 Å². The Kier molecular flexibility index (Phi) is 1.95. The zero-order chi connectivity index (χ0) is 5.15. The van der Waals surface area contributed by atoms with E-state index in [1.54, 1.807) is 0 Å².